The Hall–Kier alpha value is -0.120. The van der Waals surface area contributed by atoms with Crippen molar-refractivity contribution in [3.8, 4) is 0 Å². The topological polar surface area (TPSA) is 24.5 Å². The van der Waals surface area contributed by atoms with Gasteiger partial charge in [0.25, 0.3) is 0 Å². The van der Waals surface area contributed by atoms with Crippen molar-refractivity contribution in [2.75, 3.05) is 39.8 Å². The standard InChI is InChI=1S/C17H34N2O/c1-3-11-18-14-17(9-5-6-10-17)15-19(2)13-16-8-4-7-12-20-16/h16,18H,3-15H2,1-2H3. The number of hydrogen-bond acceptors (Lipinski definition) is 3. The highest BCUT2D eigenvalue weighted by Gasteiger charge is 2.34. The van der Waals surface area contributed by atoms with Crippen molar-refractivity contribution in [1.29, 1.82) is 0 Å². The molecular weight excluding hydrogens is 248 g/mol. The zero-order valence-corrected chi connectivity index (χ0v) is 13.6. The van der Waals surface area contributed by atoms with Crippen LogP contribution in [0.1, 0.15) is 58.3 Å². The molecule has 3 nitrogen and oxygen atoms in total. The fourth-order valence-electron chi connectivity index (χ4n) is 3.98. The van der Waals surface area contributed by atoms with E-state index in [9.17, 15) is 0 Å². The fraction of sp³-hybridized carbons (Fsp3) is 1.00. The lowest BCUT2D eigenvalue weighted by Crippen LogP contribution is -2.44. The Labute approximate surface area is 125 Å². The molecule has 1 atom stereocenters. The van der Waals surface area contributed by atoms with Crippen LogP contribution in [-0.4, -0.2) is 50.8 Å². The Morgan fingerprint density at radius 3 is 2.65 bits per heavy atom. The molecule has 1 heterocycles. The van der Waals surface area contributed by atoms with Gasteiger partial charge in [-0.2, -0.15) is 0 Å². The normalized spacial score (nSPS) is 26.2. The molecule has 2 aliphatic rings. The second-order valence-electron chi connectivity index (χ2n) is 7.07. The summed E-state index contributed by atoms with van der Waals surface area (Å²) in [6.45, 7) is 7.95. The zero-order chi connectivity index (χ0) is 14.3. The largest absolute Gasteiger partial charge is 0.377 e. The molecule has 1 aliphatic carbocycles. The first-order valence-corrected chi connectivity index (χ1v) is 8.75. The molecule has 0 amide bonds. The van der Waals surface area contributed by atoms with E-state index in [0.29, 0.717) is 11.5 Å². The van der Waals surface area contributed by atoms with Crippen LogP contribution in [0.4, 0.5) is 0 Å². The van der Waals surface area contributed by atoms with Gasteiger partial charge in [0.1, 0.15) is 0 Å². The third kappa shape index (κ3) is 5.01. The van der Waals surface area contributed by atoms with Gasteiger partial charge in [0.05, 0.1) is 6.10 Å². The Bertz CT molecular complexity index is 258. The molecule has 0 aromatic heterocycles. The zero-order valence-electron chi connectivity index (χ0n) is 13.6. The SMILES string of the molecule is CCCNCC1(CN(C)CC2CCCCO2)CCCC1. The van der Waals surface area contributed by atoms with Crippen LogP contribution in [0.25, 0.3) is 0 Å². The van der Waals surface area contributed by atoms with Crippen LogP contribution in [0, 0.1) is 5.41 Å². The van der Waals surface area contributed by atoms with E-state index in [4.69, 9.17) is 4.74 Å². The lowest BCUT2D eigenvalue weighted by molar-refractivity contribution is -0.00762. The van der Waals surface area contributed by atoms with Crippen molar-refractivity contribution in [2.24, 2.45) is 5.41 Å². The molecule has 0 aromatic carbocycles. The predicted molar refractivity (Wildman–Crippen MR) is 85.1 cm³/mol. The summed E-state index contributed by atoms with van der Waals surface area (Å²) in [5.74, 6) is 0. The molecule has 2 fully saturated rings. The van der Waals surface area contributed by atoms with Crippen molar-refractivity contribution >= 4 is 0 Å². The van der Waals surface area contributed by atoms with Crippen LogP contribution in [0.2, 0.25) is 0 Å². The summed E-state index contributed by atoms with van der Waals surface area (Å²) in [6.07, 6.45) is 11.2. The van der Waals surface area contributed by atoms with Crippen LogP contribution in [0.15, 0.2) is 0 Å². The maximum Gasteiger partial charge on any atom is 0.0701 e. The summed E-state index contributed by atoms with van der Waals surface area (Å²) in [5.41, 5.74) is 0.526. The Balaban J connectivity index is 1.77. The van der Waals surface area contributed by atoms with Gasteiger partial charge in [0, 0.05) is 26.2 Å². The first-order chi connectivity index (χ1) is 9.74. The molecule has 0 spiro atoms. The van der Waals surface area contributed by atoms with Crippen LogP contribution in [-0.2, 0) is 4.74 Å². The number of hydrogen-bond donors (Lipinski definition) is 1. The van der Waals surface area contributed by atoms with Gasteiger partial charge in [0.2, 0.25) is 0 Å². The van der Waals surface area contributed by atoms with Crippen molar-refractivity contribution in [3.05, 3.63) is 0 Å². The number of rotatable bonds is 8. The first-order valence-electron chi connectivity index (χ1n) is 8.75. The number of nitrogens with zero attached hydrogens (tertiary/aromatic N) is 1. The number of ether oxygens (including phenoxy) is 1. The summed E-state index contributed by atoms with van der Waals surface area (Å²) in [4.78, 5) is 2.54. The van der Waals surface area contributed by atoms with Crippen LogP contribution >= 0.6 is 0 Å². The second kappa shape index (κ2) is 8.35. The quantitative estimate of drug-likeness (QED) is 0.693. The van der Waals surface area contributed by atoms with Crippen molar-refractivity contribution in [3.63, 3.8) is 0 Å². The Morgan fingerprint density at radius 1 is 1.20 bits per heavy atom. The van der Waals surface area contributed by atoms with Crippen LogP contribution in [0.5, 0.6) is 0 Å². The van der Waals surface area contributed by atoms with Gasteiger partial charge in [-0.1, -0.05) is 19.8 Å². The minimum Gasteiger partial charge on any atom is -0.377 e. The number of nitrogens with one attached hydrogen (secondary N) is 1. The summed E-state index contributed by atoms with van der Waals surface area (Å²) in [7, 11) is 2.29. The Morgan fingerprint density at radius 2 is 2.00 bits per heavy atom. The number of likely N-dealkylation sites (N-methyl/N-ethyl adjacent to an activating group) is 1. The van der Waals surface area contributed by atoms with Gasteiger partial charge < -0.3 is 15.0 Å². The van der Waals surface area contributed by atoms with Gasteiger partial charge >= 0.3 is 0 Å². The highest BCUT2D eigenvalue weighted by molar-refractivity contribution is 4.89. The van der Waals surface area contributed by atoms with Crippen LogP contribution in [0.3, 0.4) is 0 Å². The summed E-state index contributed by atoms with van der Waals surface area (Å²) in [5, 5.41) is 3.67. The molecule has 1 saturated carbocycles. The highest BCUT2D eigenvalue weighted by Crippen LogP contribution is 2.38. The monoisotopic (exact) mass is 282 g/mol. The lowest BCUT2D eigenvalue weighted by atomic mass is 9.85. The molecule has 0 bridgehead atoms. The average Bonchev–Trinajstić information content (AvgIpc) is 2.88. The molecule has 1 N–H and O–H groups in total. The predicted octanol–water partition coefficient (Wildman–Crippen LogP) is 3.05. The molecule has 1 aliphatic heterocycles. The molecule has 3 heteroatoms. The fourth-order valence-corrected chi connectivity index (χ4v) is 3.98. The van der Waals surface area contributed by atoms with E-state index in [0.717, 1.165) is 19.7 Å². The van der Waals surface area contributed by atoms with Gasteiger partial charge in [0.15, 0.2) is 0 Å². The van der Waals surface area contributed by atoms with E-state index in [2.05, 4.69) is 24.2 Å². The van der Waals surface area contributed by atoms with Gasteiger partial charge in [-0.15, -0.1) is 0 Å². The smallest absolute Gasteiger partial charge is 0.0701 e. The summed E-state index contributed by atoms with van der Waals surface area (Å²) in [6, 6.07) is 0. The van der Waals surface area contributed by atoms with Crippen molar-refractivity contribution in [1.82, 2.24) is 10.2 Å². The molecule has 2 rings (SSSR count). The molecule has 1 unspecified atom stereocenters. The molecular formula is C17H34N2O. The van der Waals surface area contributed by atoms with E-state index in [1.54, 1.807) is 0 Å². The third-order valence-corrected chi connectivity index (χ3v) is 4.99. The second-order valence-corrected chi connectivity index (χ2v) is 7.07. The molecule has 1 saturated heterocycles. The lowest BCUT2D eigenvalue weighted by Gasteiger charge is -2.36. The van der Waals surface area contributed by atoms with E-state index in [1.807, 2.05) is 0 Å². The summed E-state index contributed by atoms with van der Waals surface area (Å²) < 4.78 is 5.89. The molecule has 118 valence electrons. The molecule has 20 heavy (non-hydrogen) atoms. The van der Waals surface area contributed by atoms with E-state index < -0.39 is 0 Å². The molecule has 0 radical (unpaired) electrons. The van der Waals surface area contributed by atoms with Gasteiger partial charge in [-0.3, -0.25) is 0 Å². The first kappa shape index (κ1) is 16.3. The average molecular weight is 282 g/mol. The van der Waals surface area contributed by atoms with Crippen molar-refractivity contribution < 1.29 is 4.74 Å². The van der Waals surface area contributed by atoms with Gasteiger partial charge in [-0.25, -0.2) is 0 Å². The highest BCUT2D eigenvalue weighted by atomic mass is 16.5. The van der Waals surface area contributed by atoms with E-state index in [1.165, 1.54) is 64.5 Å². The van der Waals surface area contributed by atoms with E-state index in [-0.39, 0.29) is 0 Å². The maximum absolute atomic E-state index is 5.89. The van der Waals surface area contributed by atoms with Gasteiger partial charge in [-0.05, 0) is 57.5 Å². The summed E-state index contributed by atoms with van der Waals surface area (Å²) >= 11 is 0. The Kier molecular flexibility index (Phi) is 6.79. The third-order valence-electron chi connectivity index (χ3n) is 4.99. The van der Waals surface area contributed by atoms with Crippen LogP contribution < -0.4 is 5.32 Å². The minimum absolute atomic E-state index is 0.482. The van der Waals surface area contributed by atoms with Crippen molar-refractivity contribution in [2.45, 2.75) is 64.4 Å². The molecule has 0 aromatic rings. The minimum atomic E-state index is 0.482. The van der Waals surface area contributed by atoms with E-state index >= 15 is 0 Å². The maximum atomic E-state index is 5.89.